The topological polar surface area (TPSA) is 75.7 Å². The van der Waals surface area contributed by atoms with E-state index in [9.17, 15) is 13.2 Å². The predicted molar refractivity (Wildman–Crippen MR) is 133 cm³/mol. The monoisotopic (exact) mass is 472 g/mol. The molecule has 0 radical (unpaired) electrons. The van der Waals surface area contributed by atoms with E-state index in [4.69, 9.17) is 4.74 Å². The molecule has 1 N–H and O–H groups in total. The third-order valence-electron chi connectivity index (χ3n) is 6.83. The second-order valence-corrected chi connectivity index (χ2v) is 10.9. The van der Waals surface area contributed by atoms with Crippen molar-refractivity contribution in [2.45, 2.75) is 71.4 Å². The van der Waals surface area contributed by atoms with Crippen LogP contribution in [-0.4, -0.2) is 32.7 Å². The molecule has 1 aliphatic heterocycles. The standard InChI is InChI=1S/C26H36N2O4S/c1-6-26(7-2)18-22(21-13-8-9-15-24(21)32-26)27-25(29)16-11-17-28(33(5,30)31)23-14-10-12-19(3)20(23)4/h8-10,12-15,22H,6-7,11,16-18H2,1-5H3,(H,27,29)/t22-/m1/s1. The van der Waals surface area contributed by atoms with Gasteiger partial charge in [-0.3, -0.25) is 9.10 Å². The molecule has 0 saturated carbocycles. The first-order chi connectivity index (χ1) is 15.6. The lowest BCUT2D eigenvalue weighted by atomic mass is 9.83. The van der Waals surface area contributed by atoms with E-state index in [2.05, 4.69) is 19.2 Å². The fourth-order valence-electron chi connectivity index (χ4n) is 4.55. The van der Waals surface area contributed by atoms with Gasteiger partial charge in [0.05, 0.1) is 18.0 Å². The molecule has 6 nitrogen and oxygen atoms in total. The van der Waals surface area contributed by atoms with Crippen LogP contribution in [0, 0.1) is 13.8 Å². The van der Waals surface area contributed by atoms with Gasteiger partial charge in [0, 0.05) is 24.9 Å². The highest BCUT2D eigenvalue weighted by atomic mass is 32.2. The summed E-state index contributed by atoms with van der Waals surface area (Å²) in [5, 5.41) is 3.18. The number of amides is 1. The van der Waals surface area contributed by atoms with E-state index in [-0.39, 0.29) is 30.5 Å². The van der Waals surface area contributed by atoms with Crippen molar-refractivity contribution < 1.29 is 17.9 Å². The summed E-state index contributed by atoms with van der Waals surface area (Å²) in [6.07, 6.45) is 4.35. The van der Waals surface area contributed by atoms with Crippen LogP contribution in [0.25, 0.3) is 0 Å². The Morgan fingerprint density at radius 3 is 2.48 bits per heavy atom. The van der Waals surface area contributed by atoms with Gasteiger partial charge < -0.3 is 10.1 Å². The number of aryl methyl sites for hydroxylation is 1. The molecule has 0 aliphatic carbocycles. The molecule has 0 spiro atoms. The summed E-state index contributed by atoms with van der Waals surface area (Å²) in [4.78, 5) is 12.9. The molecule has 7 heteroatoms. The van der Waals surface area contributed by atoms with Gasteiger partial charge >= 0.3 is 0 Å². The van der Waals surface area contributed by atoms with E-state index in [0.717, 1.165) is 41.7 Å². The van der Waals surface area contributed by atoms with Gasteiger partial charge in [0.15, 0.2) is 0 Å². The van der Waals surface area contributed by atoms with Crippen molar-refractivity contribution in [3.05, 3.63) is 59.2 Å². The van der Waals surface area contributed by atoms with Gasteiger partial charge in [0.1, 0.15) is 11.4 Å². The van der Waals surface area contributed by atoms with Crippen LogP contribution in [0.1, 0.15) is 68.7 Å². The molecule has 1 heterocycles. The van der Waals surface area contributed by atoms with Crippen molar-refractivity contribution in [1.29, 1.82) is 0 Å². The molecule has 2 aromatic carbocycles. The molecule has 0 bridgehead atoms. The van der Waals surface area contributed by atoms with E-state index < -0.39 is 10.0 Å². The molecule has 180 valence electrons. The van der Waals surface area contributed by atoms with Crippen LogP contribution in [0.3, 0.4) is 0 Å². The number of anilines is 1. The molecule has 1 aliphatic rings. The van der Waals surface area contributed by atoms with Gasteiger partial charge in [-0.1, -0.05) is 44.2 Å². The Morgan fingerprint density at radius 1 is 1.12 bits per heavy atom. The van der Waals surface area contributed by atoms with Crippen LogP contribution in [0.15, 0.2) is 42.5 Å². The zero-order valence-electron chi connectivity index (χ0n) is 20.3. The summed E-state index contributed by atoms with van der Waals surface area (Å²) in [6, 6.07) is 13.4. The zero-order valence-corrected chi connectivity index (χ0v) is 21.2. The molecule has 3 rings (SSSR count). The highest BCUT2D eigenvalue weighted by Gasteiger charge is 2.38. The Morgan fingerprint density at radius 2 is 1.82 bits per heavy atom. The number of benzene rings is 2. The van der Waals surface area contributed by atoms with Gasteiger partial charge in [-0.05, 0) is 56.4 Å². The predicted octanol–water partition coefficient (Wildman–Crippen LogP) is 5.05. The average molecular weight is 473 g/mol. The van der Waals surface area contributed by atoms with E-state index >= 15 is 0 Å². The molecule has 33 heavy (non-hydrogen) atoms. The van der Waals surface area contributed by atoms with E-state index in [1.807, 2.05) is 56.3 Å². The third-order valence-corrected chi connectivity index (χ3v) is 8.01. The first-order valence-corrected chi connectivity index (χ1v) is 13.6. The number of nitrogens with one attached hydrogen (secondary N) is 1. The first kappa shape index (κ1) is 25.1. The van der Waals surface area contributed by atoms with Crippen LogP contribution in [-0.2, 0) is 14.8 Å². The lowest BCUT2D eigenvalue weighted by molar-refractivity contribution is -0.122. The van der Waals surface area contributed by atoms with E-state index in [1.54, 1.807) is 0 Å². The van der Waals surface area contributed by atoms with Gasteiger partial charge in [-0.2, -0.15) is 0 Å². The van der Waals surface area contributed by atoms with Crippen LogP contribution >= 0.6 is 0 Å². The number of hydrogen-bond acceptors (Lipinski definition) is 4. The number of carbonyl (C=O) groups is 1. The second-order valence-electron chi connectivity index (χ2n) is 9.01. The number of carbonyl (C=O) groups excluding carboxylic acids is 1. The SMILES string of the molecule is CCC1(CC)C[C@@H](NC(=O)CCCN(c2cccc(C)c2C)S(C)(=O)=O)c2ccccc2O1. The lowest BCUT2D eigenvalue weighted by Crippen LogP contribution is -2.44. The maximum absolute atomic E-state index is 12.9. The number of para-hydroxylation sites is 1. The zero-order chi connectivity index (χ0) is 24.2. The van der Waals surface area contributed by atoms with E-state index in [0.29, 0.717) is 12.1 Å². The Labute approximate surface area is 198 Å². The van der Waals surface area contributed by atoms with Crippen LogP contribution < -0.4 is 14.4 Å². The molecule has 0 unspecified atom stereocenters. The van der Waals surface area contributed by atoms with Gasteiger partial charge in [0.2, 0.25) is 15.9 Å². The Hall–Kier alpha value is -2.54. The molecule has 0 saturated heterocycles. The molecular formula is C26H36N2O4S. The molecule has 1 atom stereocenters. The molecular weight excluding hydrogens is 436 g/mol. The summed E-state index contributed by atoms with van der Waals surface area (Å²) in [6.45, 7) is 8.37. The van der Waals surface area contributed by atoms with Crippen LogP contribution in [0.4, 0.5) is 5.69 Å². The maximum atomic E-state index is 12.9. The fraction of sp³-hybridized carbons (Fsp3) is 0.500. The summed E-state index contributed by atoms with van der Waals surface area (Å²) in [5.41, 5.74) is 3.35. The van der Waals surface area contributed by atoms with Crippen molar-refractivity contribution in [3.63, 3.8) is 0 Å². The van der Waals surface area contributed by atoms with Crippen LogP contribution in [0.2, 0.25) is 0 Å². The normalized spacial score (nSPS) is 17.1. The number of nitrogens with zero attached hydrogens (tertiary/aromatic N) is 1. The largest absolute Gasteiger partial charge is 0.487 e. The highest BCUT2D eigenvalue weighted by molar-refractivity contribution is 7.92. The quantitative estimate of drug-likeness (QED) is 0.554. The van der Waals surface area contributed by atoms with Gasteiger partial charge in [0.25, 0.3) is 0 Å². The Balaban J connectivity index is 1.69. The minimum Gasteiger partial charge on any atom is -0.487 e. The molecule has 0 fully saturated rings. The summed E-state index contributed by atoms with van der Waals surface area (Å²) in [7, 11) is -3.46. The fourth-order valence-corrected chi connectivity index (χ4v) is 5.57. The summed E-state index contributed by atoms with van der Waals surface area (Å²) in [5.74, 6) is 0.753. The van der Waals surface area contributed by atoms with Crippen LogP contribution in [0.5, 0.6) is 5.75 Å². The molecule has 2 aromatic rings. The average Bonchev–Trinajstić information content (AvgIpc) is 2.78. The third kappa shape index (κ3) is 5.69. The lowest BCUT2D eigenvalue weighted by Gasteiger charge is -2.41. The van der Waals surface area contributed by atoms with Gasteiger partial charge in [-0.15, -0.1) is 0 Å². The van der Waals surface area contributed by atoms with Crippen molar-refractivity contribution >= 4 is 21.6 Å². The second kappa shape index (κ2) is 10.2. The number of rotatable bonds is 9. The van der Waals surface area contributed by atoms with Crippen molar-refractivity contribution in [1.82, 2.24) is 5.32 Å². The van der Waals surface area contributed by atoms with Crippen molar-refractivity contribution in [2.24, 2.45) is 0 Å². The smallest absolute Gasteiger partial charge is 0.232 e. The van der Waals surface area contributed by atoms with Crippen molar-refractivity contribution in [2.75, 3.05) is 17.1 Å². The first-order valence-electron chi connectivity index (χ1n) is 11.7. The van der Waals surface area contributed by atoms with Gasteiger partial charge in [-0.25, -0.2) is 8.42 Å². The van der Waals surface area contributed by atoms with E-state index in [1.165, 1.54) is 10.6 Å². The summed E-state index contributed by atoms with van der Waals surface area (Å²) < 4.78 is 32.7. The molecule has 0 aromatic heterocycles. The number of ether oxygens (including phenoxy) is 1. The Kier molecular flexibility index (Phi) is 7.73. The van der Waals surface area contributed by atoms with Crippen molar-refractivity contribution in [3.8, 4) is 5.75 Å². The minimum atomic E-state index is -3.46. The number of fused-ring (bicyclic) bond motifs is 1. The number of hydrogen-bond donors (Lipinski definition) is 1. The minimum absolute atomic E-state index is 0.0766. The Bertz CT molecular complexity index is 1090. The molecule has 1 amide bonds. The summed E-state index contributed by atoms with van der Waals surface area (Å²) >= 11 is 0. The number of sulfonamides is 1. The maximum Gasteiger partial charge on any atom is 0.232 e. The highest BCUT2D eigenvalue weighted by Crippen LogP contribution is 2.42.